The molecule has 0 bridgehead atoms. The molecule has 0 radical (unpaired) electrons. The van der Waals surface area contributed by atoms with Crippen molar-refractivity contribution in [3.8, 4) is 0 Å². The molecule has 2 aromatic rings. The molecule has 0 aliphatic heterocycles. The predicted octanol–water partition coefficient (Wildman–Crippen LogP) is 2.56. The van der Waals surface area contributed by atoms with Crippen LogP contribution < -0.4 is 0 Å². The second-order valence-corrected chi connectivity index (χ2v) is 5.11. The first-order valence-electron chi connectivity index (χ1n) is 4.73. The minimum atomic E-state index is -0.827. The molecule has 15 heavy (non-hydrogen) atoms. The molecule has 0 saturated carbocycles. The van der Waals surface area contributed by atoms with Gasteiger partial charge in [0.1, 0.15) is 5.52 Å². The number of nitrogens with zero attached hydrogens (tertiary/aromatic N) is 2. The molecular formula is C11H13BrN2O. The first-order valence-corrected chi connectivity index (χ1v) is 5.53. The van der Waals surface area contributed by atoms with Crippen LogP contribution in [0.25, 0.3) is 10.9 Å². The van der Waals surface area contributed by atoms with E-state index in [-0.39, 0.29) is 0 Å². The molecule has 0 spiro atoms. The van der Waals surface area contributed by atoms with Crippen LogP contribution >= 0.6 is 15.9 Å². The maximum absolute atomic E-state index is 9.93. The number of hydrogen-bond acceptors (Lipinski definition) is 2. The smallest absolute Gasteiger partial charge is 0.106 e. The van der Waals surface area contributed by atoms with Crippen molar-refractivity contribution in [1.29, 1.82) is 0 Å². The van der Waals surface area contributed by atoms with Crippen LogP contribution in [-0.4, -0.2) is 14.9 Å². The number of benzene rings is 1. The summed E-state index contributed by atoms with van der Waals surface area (Å²) in [5, 5.41) is 15.3. The van der Waals surface area contributed by atoms with Crippen LogP contribution in [0.4, 0.5) is 0 Å². The van der Waals surface area contributed by atoms with E-state index < -0.39 is 5.60 Å². The Morgan fingerprint density at radius 2 is 2.07 bits per heavy atom. The molecule has 1 aromatic heterocycles. The van der Waals surface area contributed by atoms with Gasteiger partial charge in [-0.15, -0.1) is 0 Å². The topological polar surface area (TPSA) is 38.0 Å². The van der Waals surface area contributed by atoms with Gasteiger partial charge in [0.05, 0.1) is 5.60 Å². The van der Waals surface area contributed by atoms with Crippen molar-refractivity contribution < 1.29 is 5.11 Å². The molecule has 4 heteroatoms. The molecule has 0 atom stereocenters. The van der Waals surface area contributed by atoms with Gasteiger partial charge in [-0.05, 0) is 47.5 Å². The van der Waals surface area contributed by atoms with E-state index in [1.165, 1.54) is 0 Å². The summed E-state index contributed by atoms with van der Waals surface area (Å²) in [6.07, 6.45) is 1.94. The first-order chi connectivity index (χ1) is 6.88. The number of aliphatic hydroxyl groups is 1. The van der Waals surface area contributed by atoms with Gasteiger partial charge in [-0.3, -0.25) is 4.68 Å². The minimum absolute atomic E-state index is 0.827. The Balaban J connectivity index is 2.72. The zero-order chi connectivity index (χ0) is 11.2. The molecule has 1 heterocycles. The van der Waals surface area contributed by atoms with Crippen molar-refractivity contribution in [3.63, 3.8) is 0 Å². The minimum Gasteiger partial charge on any atom is -0.386 e. The molecule has 1 aromatic carbocycles. The van der Waals surface area contributed by atoms with E-state index in [1.54, 1.807) is 18.5 Å². The summed E-state index contributed by atoms with van der Waals surface area (Å²) in [5.41, 5.74) is 0.979. The van der Waals surface area contributed by atoms with E-state index in [0.29, 0.717) is 0 Å². The Morgan fingerprint density at radius 1 is 1.40 bits per heavy atom. The Hall–Kier alpha value is -0.870. The number of aromatic nitrogens is 2. The van der Waals surface area contributed by atoms with Crippen LogP contribution in [0, 0.1) is 0 Å². The van der Waals surface area contributed by atoms with Crippen LogP contribution in [0.1, 0.15) is 19.4 Å². The standard InChI is InChI=1S/C11H13BrN2O/c1-11(2,15)8-4-7-6-14(3)13-10(7)9(12)5-8/h4-6,15H,1-3H3. The molecule has 2 rings (SSSR count). The fourth-order valence-electron chi connectivity index (χ4n) is 1.57. The number of fused-ring (bicyclic) bond motifs is 1. The third-order valence-electron chi connectivity index (χ3n) is 2.38. The normalized spacial score (nSPS) is 12.3. The second kappa shape index (κ2) is 3.32. The van der Waals surface area contributed by atoms with Crippen LogP contribution in [0.3, 0.4) is 0 Å². The van der Waals surface area contributed by atoms with Crippen LogP contribution in [0.5, 0.6) is 0 Å². The van der Waals surface area contributed by atoms with Gasteiger partial charge >= 0.3 is 0 Å². The molecule has 1 N–H and O–H groups in total. The van der Waals surface area contributed by atoms with Crippen molar-refractivity contribution in [2.75, 3.05) is 0 Å². The number of aryl methyl sites for hydroxylation is 1. The Kier molecular flexibility index (Phi) is 2.35. The van der Waals surface area contributed by atoms with Crippen molar-refractivity contribution in [3.05, 3.63) is 28.4 Å². The van der Waals surface area contributed by atoms with Crippen LogP contribution in [0.15, 0.2) is 22.8 Å². The van der Waals surface area contributed by atoms with E-state index in [9.17, 15) is 5.11 Å². The molecule has 0 aliphatic carbocycles. The van der Waals surface area contributed by atoms with Gasteiger partial charge in [0.25, 0.3) is 0 Å². The fourth-order valence-corrected chi connectivity index (χ4v) is 2.12. The molecule has 0 amide bonds. The van der Waals surface area contributed by atoms with Gasteiger partial charge in [-0.2, -0.15) is 5.10 Å². The molecule has 0 aliphatic rings. The summed E-state index contributed by atoms with van der Waals surface area (Å²) < 4.78 is 2.68. The summed E-state index contributed by atoms with van der Waals surface area (Å²) in [6.45, 7) is 3.55. The number of hydrogen-bond donors (Lipinski definition) is 1. The van der Waals surface area contributed by atoms with Crippen molar-refractivity contribution in [2.24, 2.45) is 7.05 Å². The first kappa shape index (κ1) is 10.6. The van der Waals surface area contributed by atoms with Crippen LogP contribution in [0.2, 0.25) is 0 Å². The summed E-state index contributed by atoms with van der Waals surface area (Å²) in [7, 11) is 1.89. The maximum Gasteiger partial charge on any atom is 0.106 e. The maximum atomic E-state index is 9.93. The third kappa shape index (κ3) is 1.92. The average Bonchev–Trinajstić information content (AvgIpc) is 2.44. The third-order valence-corrected chi connectivity index (χ3v) is 2.99. The average molecular weight is 269 g/mol. The Labute approximate surface area is 96.8 Å². The van der Waals surface area contributed by atoms with Crippen molar-refractivity contribution in [2.45, 2.75) is 19.4 Å². The Bertz CT molecular complexity index is 511. The van der Waals surface area contributed by atoms with E-state index in [2.05, 4.69) is 21.0 Å². The van der Waals surface area contributed by atoms with Gasteiger partial charge in [0.2, 0.25) is 0 Å². The SMILES string of the molecule is Cn1cc2cc(C(C)(C)O)cc(Br)c2n1. The Morgan fingerprint density at radius 3 is 2.67 bits per heavy atom. The van der Waals surface area contributed by atoms with E-state index in [0.717, 1.165) is 20.9 Å². The fraction of sp³-hybridized carbons (Fsp3) is 0.364. The lowest BCUT2D eigenvalue weighted by atomic mass is 9.97. The zero-order valence-electron chi connectivity index (χ0n) is 8.95. The van der Waals surface area contributed by atoms with E-state index in [1.807, 2.05) is 25.4 Å². The predicted molar refractivity (Wildman–Crippen MR) is 63.7 cm³/mol. The quantitative estimate of drug-likeness (QED) is 0.864. The van der Waals surface area contributed by atoms with Crippen molar-refractivity contribution >= 4 is 26.8 Å². The van der Waals surface area contributed by atoms with Gasteiger partial charge < -0.3 is 5.11 Å². The molecule has 80 valence electrons. The summed E-state index contributed by atoms with van der Waals surface area (Å²) >= 11 is 3.47. The lowest BCUT2D eigenvalue weighted by molar-refractivity contribution is 0.0787. The molecule has 0 fully saturated rings. The highest BCUT2D eigenvalue weighted by atomic mass is 79.9. The zero-order valence-corrected chi connectivity index (χ0v) is 10.5. The number of halogens is 1. The molecular weight excluding hydrogens is 256 g/mol. The van der Waals surface area contributed by atoms with E-state index >= 15 is 0 Å². The van der Waals surface area contributed by atoms with Gasteiger partial charge in [-0.1, -0.05) is 0 Å². The highest BCUT2D eigenvalue weighted by Crippen LogP contribution is 2.29. The molecule has 0 unspecified atom stereocenters. The molecule has 0 saturated heterocycles. The van der Waals surface area contributed by atoms with E-state index in [4.69, 9.17) is 0 Å². The lowest BCUT2D eigenvalue weighted by Crippen LogP contribution is -2.15. The van der Waals surface area contributed by atoms with Gasteiger partial charge in [0.15, 0.2) is 0 Å². The highest BCUT2D eigenvalue weighted by Gasteiger charge is 2.18. The van der Waals surface area contributed by atoms with Crippen molar-refractivity contribution in [1.82, 2.24) is 9.78 Å². The van der Waals surface area contributed by atoms with Gasteiger partial charge in [-0.25, -0.2) is 0 Å². The summed E-state index contributed by atoms with van der Waals surface area (Å²) in [6, 6.07) is 3.88. The highest BCUT2D eigenvalue weighted by molar-refractivity contribution is 9.10. The molecule has 3 nitrogen and oxygen atoms in total. The van der Waals surface area contributed by atoms with Gasteiger partial charge in [0, 0.05) is 23.1 Å². The second-order valence-electron chi connectivity index (χ2n) is 4.26. The van der Waals surface area contributed by atoms with Crippen LogP contribution in [-0.2, 0) is 12.6 Å². The number of rotatable bonds is 1. The monoisotopic (exact) mass is 268 g/mol. The summed E-state index contributed by atoms with van der Waals surface area (Å²) in [5.74, 6) is 0. The lowest BCUT2D eigenvalue weighted by Gasteiger charge is -2.17. The largest absolute Gasteiger partial charge is 0.386 e. The summed E-state index contributed by atoms with van der Waals surface area (Å²) in [4.78, 5) is 0.